The molecule has 1 aromatic rings. The zero-order valence-electron chi connectivity index (χ0n) is 10.1. The Morgan fingerprint density at radius 2 is 2.19 bits per heavy atom. The lowest BCUT2D eigenvalue weighted by atomic mass is 10.2. The molecule has 1 saturated heterocycles. The fourth-order valence-electron chi connectivity index (χ4n) is 2.08. The van der Waals surface area contributed by atoms with E-state index in [4.69, 9.17) is 0 Å². The monoisotopic (exact) mass is 220 g/mol. The van der Waals surface area contributed by atoms with Gasteiger partial charge in [0, 0.05) is 31.0 Å². The first-order chi connectivity index (χ1) is 7.75. The predicted molar refractivity (Wildman–Crippen MR) is 64.0 cm³/mol. The highest BCUT2D eigenvalue weighted by molar-refractivity contribution is 4.90. The normalized spacial score (nSPS) is 21.8. The Morgan fingerprint density at radius 1 is 1.44 bits per heavy atom. The maximum Gasteiger partial charge on any atom is 0.141 e. The topological polar surface area (TPSA) is 41.0 Å². The smallest absolute Gasteiger partial charge is 0.141 e. The molecule has 4 heteroatoms. The molecule has 0 spiro atoms. The highest BCUT2D eigenvalue weighted by Gasteiger charge is 2.23. The molecule has 0 amide bonds. The summed E-state index contributed by atoms with van der Waals surface area (Å²) < 4.78 is 0. The number of hydrogen-bond acceptors (Lipinski definition) is 4. The number of nitrogens with one attached hydrogen (secondary N) is 1. The van der Waals surface area contributed by atoms with Crippen LogP contribution < -0.4 is 5.32 Å². The zero-order valence-corrected chi connectivity index (χ0v) is 10.1. The summed E-state index contributed by atoms with van der Waals surface area (Å²) in [7, 11) is 0. The Morgan fingerprint density at radius 3 is 2.81 bits per heavy atom. The lowest BCUT2D eigenvalue weighted by molar-refractivity contribution is 0.268. The SMILES string of the molecule is CC(C)N1CC[C@@H](NCc2ncccn2)C1. The van der Waals surface area contributed by atoms with Crippen molar-refractivity contribution in [3.63, 3.8) is 0 Å². The fourth-order valence-corrected chi connectivity index (χ4v) is 2.08. The highest BCUT2D eigenvalue weighted by Crippen LogP contribution is 2.12. The van der Waals surface area contributed by atoms with Crippen LogP contribution in [0, 0.1) is 0 Å². The van der Waals surface area contributed by atoms with E-state index in [1.807, 2.05) is 6.07 Å². The van der Waals surface area contributed by atoms with Gasteiger partial charge in [-0.05, 0) is 32.9 Å². The van der Waals surface area contributed by atoms with E-state index in [2.05, 4.69) is 34.0 Å². The summed E-state index contributed by atoms with van der Waals surface area (Å²) in [6, 6.07) is 3.09. The van der Waals surface area contributed by atoms with Crippen LogP contribution in [0.4, 0.5) is 0 Å². The van der Waals surface area contributed by atoms with Crippen LogP contribution in [-0.4, -0.2) is 40.0 Å². The third-order valence-corrected chi connectivity index (χ3v) is 3.12. The van der Waals surface area contributed by atoms with Gasteiger partial charge in [0.25, 0.3) is 0 Å². The molecule has 0 aromatic carbocycles. The maximum absolute atomic E-state index is 4.21. The molecule has 1 atom stereocenters. The van der Waals surface area contributed by atoms with Gasteiger partial charge in [-0.2, -0.15) is 0 Å². The molecule has 88 valence electrons. The van der Waals surface area contributed by atoms with E-state index in [9.17, 15) is 0 Å². The lowest BCUT2D eigenvalue weighted by Crippen LogP contribution is -2.35. The van der Waals surface area contributed by atoms with Gasteiger partial charge < -0.3 is 5.32 Å². The average molecular weight is 220 g/mol. The molecule has 0 unspecified atom stereocenters. The molecule has 1 fully saturated rings. The van der Waals surface area contributed by atoms with E-state index in [1.165, 1.54) is 13.0 Å². The fraction of sp³-hybridized carbons (Fsp3) is 0.667. The van der Waals surface area contributed by atoms with E-state index in [0.29, 0.717) is 12.1 Å². The minimum absolute atomic E-state index is 0.589. The van der Waals surface area contributed by atoms with Crippen molar-refractivity contribution in [2.45, 2.75) is 38.9 Å². The molecule has 1 aliphatic rings. The summed E-state index contributed by atoms with van der Waals surface area (Å²) >= 11 is 0. The molecule has 0 saturated carbocycles. The largest absolute Gasteiger partial charge is 0.306 e. The number of aromatic nitrogens is 2. The second kappa shape index (κ2) is 5.37. The van der Waals surface area contributed by atoms with Crippen LogP contribution in [0.2, 0.25) is 0 Å². The minimum Gasteiger partial charge on any atom is -0.306 e. The zero-order chi connectivity index (χ0) is 11.4. The van der Waals surface area contributed by atoms with Gasteiger partial charge in [0.15, 0.2) is 0 Å². The highest BCUT2D eigenvalue weighted by atomic mass is 15.2. The van der Waals surface area contributed by atoms with Crippen LogP contribution in [0.3, 0.4) is 0 Å². The molecule has 0 aliphatic carbocycles. The van der Waals surface area contributed by atoms with Gasteiger partial charge >= 0.3 is 0 Å². The van der Waals surface area contributed by atoms with Crippen molar-refractivity contribution in [1.82, 2.24) is 20.2 Å². The standard InChI is InChI=1S/C12H20N4/c1-10(2)16-7-4-11(9-16)15-8-12-13-5-3-6-14-12/h3,5-6,10-11,15H,4,7-9H2,1-2H3/t11-/m1/s1. The van der Waals surface area contributed by atoms with Gasteiger partial charge in [0.2, 0.25) is 0 Å². The third-order valence-electron chi connectivity index (χ3n) is 3.12. The number of rotatable bonds is 4. The van der Waals surface area contributed by atoms with Crippen molar-refractivity contribution in [2.24, 2.45) is 0 Å². The van der Waals surface area contributed by atoms with Crippen molar-refractivity contribution in [1.29, 1.82) is 0 Å². The molecular weight excluding hydrogens is 200 g/mol. The Hall–Kier alpha value is -1.00. The van der Waals surface area contributed by atoms with Crippen LogP contribution in [-0.2, 0) is 6.54 Å². The van der Waals surface area contributed by atoms with Gasteiger partial charge in [-0.3, -0.25) is 4.90 Å². The van der Waals surface area contributed by atoms with E-state index in [0.717, 1.165) is 18.9 Å². The van der Waals surface area contributed by atoms with Crippen LogP contribution in [0.25, 0.3) is 0 Å². The molecule has 2 rings (SSSR count). The summed E-state index contributed by atoms with van der Waals surface area (Å²) in [5, 5.41) is 3.52. The Kier molecular flexibility index (Phi) is 3.85. The van der Waals surface area contributed by atoms with Crippen molar-refractivity contribution in [2.75, 3.05) is 13.1 Å². The molecule has 1 aromatic heterocycles. The van der Waals surface area contributed by atoms with Gasteiger partial charge in [0.1, 0.15) is 5.82 Å². The summed E-state index contributed by atoms with van der Waals surface area (Å²) in [5.41, 5.74) is 0. The molecule has 0 radical (unpaired) electrons. The van der Waals surface area contributed by atoms with Crippen molar-refractivity contribution < 1.29 is 0 Å². The number of hydrogen-bond donors (Lipinski definition) is 1. The van der Waals surface area contributed by atoms with Crippen LogP contribution in [0.5, 0.6) is 0 Å². The number of nitrogens with zero attached hydrogens (tertiary/aromatic N) is 3. The van der Waals surface area contributed by atoms with Crippen LogP contribution >= 0.6 is 0 Å². The van der Waals surface area contributed by atoms with Crippen molar-refractivity contribution in [3.8, 4) is 0 Å². The molecule has 0 bridgehead atoms. The maximum atomic E-state index is 4.21. The molecule has 1 N–H and O–H groups in total. The van der Waals surface area contributed by atoms with Gasteiger partial charge in [-0.15, -0.1) is 0 Å². The Balaban J connectivity index is 1.76. The first-order valence-corrected chi connectivity index (χ1v) is 5.99. The second-order valence-corrected chi connectivity index (χ2v) is 4.62. The summed E-state index contributed by atoms with van der Waals surface area (Å²) in [6.45, 7) is 7.62. The predicted octanol–water partition coefficient (Wildman–Crippen LogP) is 1.05. The summed E-state index contributed by atoms with van der Waals surface area (Å²) in [5.74, 6) is 0.880. The lowest BCUT2D eigenvalue weighted by Gasteiger charge is -2.20. The number of likely N-dealkylation sites (tertiary alicyclic amines) is 1. The Bertz CT molecular complexity index is 312. The van der Waals surface area contributed by atoms with Gasteiger partial charge in [-0.25, -0.2) is 9.97 Å². The van der Waals surface area contributed by atoms with Crippen LogP contribution in [0.1, 0.15) is 26.1 Å². The molecule has 1 aliphatic heterocycles. The first-order valence-electron chi connectivity index (χ1n) is 5.99. The first kappa shape index (κ1) is 11.5. The van der Waals surface area contributed by atoms with E-state index < -0.39 is 0 Å². The average Bonchev–Trinajstić information content (AvgIpc) is 2.76. The minimum atomic E-state index is 0.589. The van der Waals surface area contributed by atoms with E-state index >= 15 is 0 Å². The van der Waals surface area contributed by atoms with Gasteiger partial charge in [0.05, 0.1) is 6.54 Å². The van der Waals surface area contributed by atoms with Crippen LogP contribution in [0.15, 0.2) is 18.5 Å². The van der Waals surface area contributed by atoms with Crippen molar-refractivity contribution in [3.05, 3.63) is 24.3 Å². The molecule has 16 heavy (non-hydrogen) atoms. The molecular formula is C12H20N4. The second-order valence-electron chi connectivity index (χ2n) is 4.62. The van der Waals surface area contributed by atoms with Crippen molar-refractivity contribution >= 4 is 0 Å². The Labute approximate surface area is 97.1 Å². The van der Waals surface area contributed by atoms with E-state index in [-0.39, 0.29) is 0 Å². The molecule has 2 heterocycles. The quantitative estimate of drug-likeness (QED) is 0.823. The summed E-state index contributed by atoms with van der Waals surface area (Å²) in [4.78, 5) is 10.9. The van der Waals surface area contributed by atoms with E-state index in [1.54, 1.807) is 12.4 Å². The van der Waals surface area contributed by atoms with Gasteiger partial charge in [-0.1, -0.05) is 0 Å². The summed E-state index contributed by atoms with van der Waals surface area (Å²) in [6.07, 6.45) is 4.81. The third kappa shape index (κ3) is 3.00. The molecule has 4 nitrogen and oxygen atoms in total.